The average Bonchev–Trinajstić information content (AvgIpc) is 2.28. The average molecular weight is 224 g/mol. The molecule has 1 aliphatic heterocycles. The Morgan fingerprint density at radius 2 is 2.06 bits per heavy atom. The number of hydrogen-bond acceptors (Lipinski definition) is 3. The molecule has 1 fully saturated rings. The van der Waals surface area contributed by atoms with Crippen LogP contribution in [-0.4, -0.2) is 41.0 Å². The summed E-state index contributed by atoms with van der Waals surface area (Å²) < 4.78 is 0. The second kappa shape index (κ2) is 5.52. The molecular formula is C11H16N2O3. The molecule has 1 saturated heterocycles. The molecule has 0 aromatic rings. The van der Waals surface area contributed by atoms with Gasteiger partial charge in [-0.05, 0) is 12.8 Å². The van der Waals surface area contributed by atoms with Crippen molar-refractivity contribution in [3.05, 3.63) is 0 Å². The number of nitrogens with zero attached hydrogens (tertiary/aromatic N) is 1. The van der Waals surface area contributed by atoms with Gasteiger partial charge in [0.25, 0.3) is 0 Å². The Bertz CT molecular complexity index is 314. The Morgan fingerprint density at radius 3 is 2.50 bits per heavy atom. The van der Waals surface area contributed by atoms with Crippen molar-refractivity contribution in [2.75, 3.05) is 13.1 Å². The van der Waals surface area contributed by atoms with Gasteiger partial charge in [0.15, 0.2) is 0 Å². The maximum Gasteiger partial charge on any atom is 0.306 e. The number of carbonyl (C=O) groups excluding carboxylic acids is 1. The molecule has 16 heavy (non-hydrogen) atoms. The minimum Gasteiger partial charge on any atom is -0.481 e. The zero-order chi connectivity index (χ0) is 12.1. The largest absolute Gasteiger partial charge is 0.481 e. The predicted molar refractivity (Wildman–Crippen MR) is 58.4 cm³/mol. The van der Waals surface area contributed by atoms with Crippen LogP contribution in [0.2, 0.25) is 0 Å². The second-order valence-corrected chi connectivity index (χ2v) is 3.95. The molecule has 0 aromatic heterocycles. The Kier molecular flexibility index (Phi) is 4.32. The molecule has 0 spiro atoms. The quantitative estimate of drug-likeness (QED) is 0.642. The molecule has 1 aliphatic rings. The molecule has 0 aliphatic carbocycles. The van der Waals surface area contributed by atoms with Crippen molar-refractivity contribution in [3.8, 4) is 12.3 Å². The van der Waals surface area contributed by atoms with Crippen LogP contribution in [0.1, 0.15) is 19.3 Å². The number of carbonyl (C=O) groups is 2. The molecular weight excluding hydrogens is 208 g/mol. The van der Waals surface area contributed by atoms with Gasteiger partial charge in [0.05, 0.1) is 12.0 Å². The number of likely N-dealkylation sites (tertiary alicyclic amines) is 1. The molecule has 0 radical (unpaired) electrons. The van der Waals surface area contributed by atoms with E-state index in [0.29, 0.717) is 25.9 Å². The van der Waals surface area contributed by atoms with Crippen LogP contribution in [0, 0.1) is 18.3 Å². The maximum absolute atomic E-state index is 11.7. The minimum absolute atomic E-state index is 0.179. The van der Waals surface area contributed by atoms with Crippen molar-refractivity contribution in [2.24, 2.45) is 11.7 Å². The first-order chi connectivity index (χ1) is 7.56. The highest BCUT2D eigenvalue weighted by atomic mass is 16.4. The molecule has 1 unspecified atom stereocenters. The van der Waals surface area contributed by atoms with Crippen LogP contribution in [0.3, 0.4) is 0 Å². The molecule has 0 bridgehead atoms. The van der Waals surface area contributed by atoms with Crippen molar-refractivity contribution < 1.29 is 14.7 Å². The topological polar surface area (TPSA) is 83.6 Å². The van der Waals surface area contributed by atoms with Crippen LogP contribution in [0.15, 0.2) is 0 Å². The van der Waals surface area contributed by atoms with Crippen LogP contribution >= 0.6 is 0 Å². The highest BCUT2D eigenvalue weighted by Crippen LogP contribution is 2.17. The van der Waals surface area contributed by atoms with Gasteiger partial charge in [0.2, 0.25) is 5.91 Å². The lowest BCUT2D eigenvalue weighted by molar-refractivity contribution is -0.146. The third-order valence-corrected chi connectivity index (χ3v) is 2.81. The number of rotatable bonds is 3. The third kappa shape index (κ3) is 2.97. The molecule has 0 saturated carbocycles. The molecule has 0 aromatic carbocycles. The summed E-state index contributed by atoms with van der Waals surface area (Å²) in [6, 6.07) is -0.661. The number of amides is 1. The fourth-order valence-corrected chi connectivity index (χ4v) is 1.80. The number of nitrogens with two attached hydrogens (primary N) is 1. The number of carboxylic acid groups (broad SMARTS) is 1. The third-order valence-electron chi connectivity index (χ3n) is 2.81. The Hall–Kier alpha value is -1.54. The van der Waals surface area contributed by atoms with Gasteiger partial charge < -0.3 is 15.7 Å². The molecule has 1 atom stereocenters. The molecule has 1 rings (SSSR count). The van der Waals surface area contributed by atoms with E-state index in [0.717, 1.165) is 0 Å². The van der Waals surface area contributed by atoms with Crippen molar-refractivity contribution in [3.63, 3.8) is 0 Å². The summed E-state index contributed by atoms with van der Waals surface area (Å²) in [7, 11) is 0. The van der Waals surface area contributed by atoms with Crippen LogP contribution in [0.5, 0.6) is 0 Å². The highest BCUT2D eigenvalue weighted by Gasteiger charge is 2.28. The van der Waals surface area contributed by atoms with Gasteiger partial charge in [0.1, 0.15) is 0 Å². The SMILES string of the molecule is C#CCC(N)C(=O)N1CCC(C(=O)O)CC1. The van der Waals surface area contributed by atoms with E-state index in [1.807, 2.05) is 0 Å². The number of piperidine rings is 1. The highest BCUT2D eigenvalue weighted by molar-refractivity contribution is 5.82. The summed E-state index contributed by atoms with van der Waals surface area (Å²) in [5.74, 6) is 1.04. The number of hydrogen-bond donors (Lipinski definition) is 2. The number of aliphatic carboxylic acids is 1. The smallest absolute Gasteiger partial charge is 0.306 e. The normalized spacial score (nSPS) is 18.9. The van der Waals surface area contributed by atoms with E-state index in [4.69, 9.17) is 17.3 Å². The van der Waals surface area contributed by atoms with Gasteiger partial charge >= 0.3 is 5.97 Å². The van der Waals surface area contributed by atoms with Crippen molar-refractivity contribution in [1.82, 2.24) is 4.90 Å². The first-order valence-electron chi connectivity index (χ1n) is 5.27. The van der Waals surface area contributed by atoms with Crippen LogP contribution in [-0.2, 0) is 9.59 Å². The molecule has 5 heteroatoms. The fraction of sp³-hybridized carbons (Fsp3) is 0.636. The second-order valence-electron chi connectivity index (χ2n) is 3.95. The monoisotopic (exact) mass is 224 g/mol. The van der Waals surface area contributed by atoms with Crippen molar-refractivity contribution in [1.29, 1.82) is 0 Å². The summed E-state index contributed by atoms with van der Waals surface area (Å²) in [5.41, 5.74) is 5.60. The van der Waals surface area contributed by atoms with E-state index in [-0.39, 0.29) is 18.2 Å². The summed E-state index contributed by atoms with van der Waals surface area (Å²) in [5, 5.41) is 8.80. The van der Waals surface area contributed by atoms with E-state index >= 15 is 0 Å². The first kappa shape index (κ1) is 12.5. The Labute approximate surface area is 94.6 Å². The van der Waals surface area contributed by atoms with E-state index in [9.17, 15) is 9.59 Å². The van der Waals surface area contributed by atoms with Crippen LogP contribution in [0.25, 0.3) is 0 Å². The lowest BCUT2D eigenvalue weighted by Crippen LogP contribution is -2.47. The summed E-state index contributed by atoms with van der Waals surface area (Å²) in [4.78, 5) is 24.0. The van der Waals surface area contributed by atoms with Gasteiger partial charge in [-0.2, -0.15) is 0 Å². The lowest BCUT2D eigenvalue weighted by atomic mass is 9.96. The van der Waals surface area contributed by atoms with E-state index in [1.54, 1.807) is 4.90 Å². The van der Waals surface area contributed by atoms with Gasteiger partial charge in [-0.25, -0.2) is 0 Å². The van der Waals surface area contributed by atoms with Gasteiger partial charge in [0, 0.05) is 19.5 Å². The lowest BCUT2D eigenvalue weighted by Gasteiger charge is -2.31. The number of carboxylic acids is 1. The fourth-order valence-electron chi connectivity index (χ4n) is 1.80. The minimum atomic E-state index is -0.792. The Morgan fingerprint density at radius 1 is 1.50 bits per heavy atom. The van der Waals surface area contributed by atoms with Crippen LogP contribution < -0.4 is 5.73 Å². The Balaban J connectivity index is 2.45. The van der Waals surface area contributed by atoms with Gasteiger partial charge in [-0.3, -0.25) is 9.59 Å². The first-order valence-corrected chi connectivity index (χ1v) is 5.27. The van der Waals surface area contributed by atoms with Crippen LogP contribution in [0.4, 0.5) is 0 Å². The van der Waals surface area contributed by atoms with E-state index in [1.165, 1.54) is 0 Å². The molecule has 1 amide bonds. The maximum atomic E-state index is 11.7. The summed E-state index contributed by atoms with van der Waals surface area (Å²) >= 11 is 0. The zero-order valence-electron chi connectivity index (χ0n) is 9.06. The van der Waals surface area contributed by atoms with Gasteiger partial charge in [-0.1, -0.05) is 0 Å². The van der Waals surface area contributed by atoms with Gasteiger partial charge in [-0.15, -0.1) is 12.3 Å². The molecule has 88 valence electrons. The van der Waals surface area contributed by atoms with Crippen molar-refractivity contribution >= 4 is 11.9 Å². The molecule has 5 nitrogen and oxygen atoms in total. The summed E-state index contributed by atoms with van der Waals surface area (Å²) in [6.45, 7) is 0.905. The van der Waals surface area contributed by atoms with E-state index < -0.39 is 12.0 Å². The standard InChI is InChI=1S/C11H16N2O3/c1-2-3-9(12)10(14)13-6-4-8(5-7-13)11(15)16/h1,8-9H,3-7,12H2,(H,15,16). The number of terminal acetylenes is 1. The van der Waals surface area contributed by atoms with Crippen molar-refractivity contribution in [2.45, 2.75) is 25.3 Å². The molecule has 3 N–H and O–H groups in total. The summed E-state index contributed by atoms with van der Waals surface area (Å²) in [6.07, 6.45) is 6.28. The molecule has 1 heterocycles. The predicted octanol–water partition coefficient (Wildman–Crippen LogP) is -0.340. The van der Waals surface area contributed by atoms with E-state index in [2.05, 4.69) is 5.92 Å². The zero-order valence-corrected chi connectivity index (χ0v) is 9.06.